The zero-order chi connectivity index (χ0) is 17.1. The number of amides is 1. The summed E-state index contributed by atoms with van der Waals surface area (Å²) in [5, 5.41) is 6.08. The fraction of sp³-hybridized carbons (Fsp3) is 0.267. The third kappa shape index (κ3) is 3.71. The van der Waals surface area contributed by atoms with Crippen molar-refractivity contribution in [3.05, 3.63) is 47.3 Å². The largest absolute Gasteiger partial charge is 0.449 e. The van der Waals surface area contributed by atoms with Crippen LogP contribution < -0.4 is 5.32 Å². The van der Waals surface area contributed by atoms with E-state index >= 15 is 0 Å². The molecule has 2 rings (SSSR count). The number of carbonyl (C=O) groups is 2. The number of nitrogens with one attached hydrogen (secondary N) is 1. The van der Waals surface area contributed by atoms with E-state index in [1.54, 1.807) is 14.0 Å². The summed E-state index contributed by atoms with van der Waals surface area (Å²) in [6.45, 7) is 3.01. The van der Waals surface area contributed by atoms with Crippen molar-refractivity contribution in [2.75, 3.05) is 5.32 Å². The maximum absolute atomic E-state index is 13.5. The van der Waals surface area contributed by atoms with Gasteiger partial charge in [-0.15, -0.1) is 0 Å². The zero-order valence-electron chi connectivity index (χ0n) is 12.8. The first-order valence-corrected chi connectivity index (χ1v) is 6.75. The number of nitrogens with zero attached hydrogens (tertiary/aromatic N) is 2. The number of anilines is 1. The van der Waals surface area contributed by atoms with Crippen LogP contribution in [0.1, 0.15) is 23.0 Å². The van der Waals surface area contributed by atoms with Gasteiger partial charge in [0.1, 0.15) is 17.2 Å². The Hall–Kier alpha value is -2.77. The second-order valence-corrected chi connectivity index (χ2v) is 4.93. The predicted molar refractivity (Wildman–Crippen MR) is 77.8 cm³/mol. The van der Waals surface area contributed by atoms with Gasteiger partial charge >= 0.3 is 5.97 Å². The Bertz CT molecular complexity index is 758. The number of ether oxygens (including phenoxy) is 1. The van der Waals surface area contributed by atoms with Crippen LogP contribution in [-0.4, -0.2) is 27.8 Å². The van der Waals surface area contributed by atoms with Gasteiger partial charge in [-0.1, -0.05) is 0 Å². The van der Waals surface area contributed by atoms with Gasteiger partial charge in [-0.25, -0.2) is 13.6 Å². The van der Waals surface area contributed by atoms with Crippen molar-refractivity contribution in [3.8, 4) is 0 Å². The quantitative estimate of drug-likeness (QED) is 0.876. The van der Waals surface area contributed by atoms with Gasteiger partial charge in [0.25, 0.3) is 5.91 Å². The average molecular weight is 323 g/mol. The molecule has 122 valence electrons. The van der Waals surface area contributed by atoms with Crippen LogP contribution in [0.25, 0.3) is 0 Å². The maximum Gasteiger partial charge on any atom is 0.342 e. The van der Waals surface area contributed by atoms with E-state index in [0.717, 1.165) is 18.2 Å². The summed E-state index contributed by atoms with van der Waals surface area (Å²) in [6.07, 6.45) is 0.138. The molecule has 0 saturated heterocycles. The molecular formula is C15H15F2N3O3. The first kappa shape index (κ1) is 16.6. The topological polar surface area (TPSA) is 73.2 Å². The third-order valence-electron chi connectivity index (χ3n) is 3.29. The highest BCUT2D eigenvalue weighted by Gasteiger charge is 2.22. The number of hydrogen-bond acceptors (Lipinski definition) is 4. The van der Waals surface area contributed by atoms with Crippen LogP contribution in [0.3, 0.4) is 0 Å². The molecule has 0 bridgehead atoms. The SMILES string of the molecule is Cc1c(C(=O)OC(C)C(=O)Nc2cc(F)ccc2F)cnn1C. The Labute approximate surface area is 131 Å². The summed E-state index contributed by atoms with van der Waals surface area (Å²) in [4.78, 5) is 23.9. The molecule has 1 atom stereocenters. The molecule has 0 spiro atoms. The standard InChI is InChI=1S/C15H15F2N3O3/c1-8-11(7-18-20(8)3)15(22)23-9(2)14(21)19-13-6-10(16)4-5-12(13)17/h4-7,9H,1-3H3,(H,19,21). The number of benzene rings is 1. The normalized spacial score (nSPS) is 11.9. The number of rotatable bonds is 4. The van der Waals surface area contributed by atoms with Crippen molar-refractivity contribution in [1.82, 2.24) is 9.78 Å². The van der Waals surface area contributed by atoms with E-state index in [1.165, 1.54) is 17.8 Å². The van der Waals surface area contributed by atoms with Gasteiger partial charge in [-0.2, -0.15) is 5.10 Å². The lowest BCUT2D eigenvalue weighted by atomic mass is 10.2. The fourth-order valence-electron chi connectivity index (χ4n) is 1.80. The molecule has 1 amide bonds. The Balaban J connectivity index is 2.04. The van der Waals surface area contributed by atoms with Gasteiger partial charge < -0.3 is 10.1 Å². The van der Waals surface area contributed by atoms with Crippen LogP contribution in [0.4, 0.5) is 14.5 Å². The summed E-state index contributed by atoms with van der Waals surface area (Å²) < 4.78 is 33.0. The van der Waals surface area contributed by atoms with Crippen LogP contribution in [0.15, 0.2) is 24.4 Å². The van der Waals surface area contributed by atoms with E-state index in [1.807, 2.05) is 0 Å². The van der Waals surface area contributed by atoms with Gasteiger partial charge in [-0.3, -0.25) is 9.48 Å². The summed E-state index contributed by atoms with van der Waals surface area (Å²) in [7, 11) is 1.66. The average Bonchev–Trinajstić information content (AvgIpc) is 2.82. The van der Waals surface area contributed by atoms with Gasteiger partial charge in [0, 0.05) is 18.8 Å². The molecule has 1 unspecified atom stereocenters. The van der Waals surface area contributed by atoms with E-state index < -0.39 is 29.6 Å². The number of aryl methyl sites for hydroxylation is 1. The summed E-state index contributed by atoms with van der Waals surface area (Å²) in [6, 6.07) is 2.66. The van der Waals surface area contributed by atoms with E-state index in [9.17, 15) is 18.4 Å². The van der Waals surface area contributed by atoms with Gasteiger partial charge in [0.05, 0.1) is 11.9 Å². The van der Waals surface area contributed by atoms with E-state index in [-0.39, 0.29) is 11.3 Å². The fourth-order valence-corrected chi connectivity index (χ4v) is 1.80. The van der Waals surface area contributed by atoms with Crippen LogP contribution in [0.2, 0.25) is 0 Å². The Morgan fingerprint density at radius 2 is 2.04 bits per heavy atom. The van der Waals surface area contributed by atoms with Crippen molar-refractivity contribution in [2.45, 2.75) is 20.0 Å². The predicted octanol–water partition coefficient (Wildman–Crippen LogP) is 2.19. The minimum atomic E-state index is -1.19. The van der Waals surface area contributed by atoms with Crippen molar-refractivity contribution < 1.29 is 23.1 Å². The molecule has 0 fully saturated rings. The first-order chi connectivity index (χ1) is 10.8. The molecule has 1 aromatic carbocycles. The summed E-state index contributed by atoms with van der Waals surface area (Å²) in [5.74, 6) is -2.99. The highest BCUT2D eigenvalue weighted by atomic mass is 19.1. The zero-order valence-corrected chi connectivity index (χ0v) is 12.8. The second kappa shape index (κ2) is 6.55. The molecule has 1 aromatic heterocycles. The van der Waals surface area contributed by atoms with E-state index in [0.29, 0.717) is 5.69 Å². The molecular weight excluding hydrogens is 308 g/mol. The Kier molecular flexibility index (Phi) is 4.73. The lowest BCUT2D eigenvalue weighted by Crippen LogP contribution is -2.30. The van der Waals surface area contributed by atoms with Gasteiger partial charge in [0.2, 0.25) is 0 Å². The molecule has 2 aromatic rings. The Morgan fingerprint density at radius 1 is 1.35 bits per heavy atom. The molecule has 0 aliphatic carbocycles. The molecule has 0 aliphatic heterocycles. The molecule has 0 saturated carbocycles. The van der Waals surface area contributed by atoms with Gasteiger partial charge in [0.15, 0.2) is 6.10 Å². The monoisotopic (exact) mass is 323 g/mol. The van der Waals surface area contributed by atoms with Gasteiger partial charge in [-0.05, 0) is 26.0 Å². The van der Waals surface area contributed by atoms with Crippen molar-refractivity contribution >= 4 is 17.6 Å². The van der Waals surface area contributed by atoms with Crippen molar-refractivity contribution in [1.29, 1.82) is 0 Å². The molecule has 1 N–H and O–H groups in total. The van der Waals surface area contributed by atoms with Crippen LogP contribution >= 0.6 is 0 Å². The second-order valence-electron chi connectivity index (χ2n) is 4.93. The van der Waals surface area contributed by atoms with Crippen molar-refractivity contribution in [2.24, 2.45) is 7.05 Å². The molecule has 23 heavy (non-hydrogen) atoms. The van der Waals surface area contributed by atoms with Crippen LogP contribution in [0, 0.1) is 18.6 Å². The molecule has 8 heteroatoms. The number of carbonyl (C=O) groups excluding carboxylic acids is 2. The highest BCUT2D eigenvalue weighted by Crippen LogP contribution is 2.16. The number of halogens is 2. The lowest BCUT2D eigenvalue weighted by Gasteiger charge is -2.13. The molecule has 1 heterocycles. The molecule has 6 nitrogen and oxygen atoms in total. The van der Waals surface area contributed by atoms with E-state index in [4.69, 9.17) is 4.74 Å². The van der Waals surface area contributed by atoms with Crippen LogP contribution in [0.5, 0.6) is 0 Å². The van der Waals surface area contributed by atoms with E-state index in [2.05, 4.69) is 10.4 Å². The smallest absolute Gasteiger partial charge is 0.342 e. The highest BCUT2D eigenvalue weighted by molar-refractivity contribution is 5.97. The first-order valence-electron chi connectivity index (χ1n) is 6.75. The molecule has 0 radical (unpaired) electrons. The minimum Gasteiger partial charge on any atom is -0.449 e. The van der Waals surface area contributed by atoms with Crippen molar-refractivity contribution in [3.63, 3.8) is 0 Å². The molecule has 0 aliphatic rings. The number of aromatic nitrogens is 2. The Morgan fingerprint density at radius 3 is 2.65 bits per heavy atom. The lowest BCUT2D eigenvalue weighted by molar-refractivity contribution is -0.123. The minimum absolute atomic E-state index is 0.226. The van der Waals surface area contributed by atoms with Crippen LogP contribution in [-0.2, 0) is 16.6 Å². The third-order valence-corrected chi connectivity index (χ3v) is 3.29. The summed E-state index contributed by atoms with van der Waals surface area (Å²) >= 11 is 0. The number of hydrogen-bond donors (Lipinski definition) is 1. The summed E-state index contributed by atoms with van der Waals surface area (Å²) in [5.41, 5.74) is 0.485. The maximum atomic E-state index is 13.5. The number of esters is 1.